The van der Waals surface area contributed by atoms with E-state index in [9.17, 15) is 8.42 Å². The Bertz CT molecular complexity index is 357. The van der Waals surface area contributed by atoms with Crippen molar-refractivity contribution in [3.05, 3.63) is 0 Å². The number of rotatable bonds is 6. The number of nitrogens with zero attached hydrogens (tertiary/aromatic N) is 2. The lowest BCUT2D eigenvalue weighted by molar-refractivity contribution is -0.0650. The second-order valence-electron chi connectivity index (χ2n) is 5.23. The molecule has 6 nitrogen and oxygen atoms in total. The summed E-state index contributed by atoms with van der Waals surface area (Å²) in [6, 6.07) is 0. The first-order chi connectivity index (χ1) is 8.29. The summed E-state index contributed by atoms with van der Waals surface area (Å²) in [5.74, 6) is 0. The van der Waals surface area contributed by atoms with Crippen molar-refractivity contribution in [1.29, 1.82) is 0 Å². The average Bonchev–Trinajstić information content (AvgIpc) is 2.27. The molecule has 0 aliphatic carbocycles. The largest absolute Gasteiger partial charge is 0.373 e. The lowest BCUT2D eigenvalue weighted by atomic mass is 10.1. The van der Waals surface area contributed by atoms with E-state index in [0.29, 0.717) is 26.2 Å². The van der Waals surface area contributed by atoms with Gasteiger partial charge in [-0.1, -0.05) is 0 Å². The first-order valence-electron chi connectivity index (χ1n) is 6.29. The number of nitrogens with one attached hydrogen (secondary N) is 1. The normalized spacial score (nSPS) is 21.4. The van der Waals surface area contributed by atoms with Crippen LogP contribution in [0.2, 0.25) is 0 Å². The Balaban J connectivity index is 2.62. The van der Waals surface area contributed by atoms with Gasteiger partial charge in [0.15, 0.2) is 0 Å². The molecule has 0 atom stereocenters. The summed E-state index contributed by atoms with van der Waals surface area (Å²) >= 11 is 0. The van der Waals surface area contributed by atoms with E-state index in [1.165, 1.54) is 8.61 Å². The first kappa shape index (κ1) is 15.8. The standard InChI is InChI=1S/C11H25N3O3S/c1-11(2)10-14(8-9-17-11)18(15,16)13(4)7-5-6-12-3/h12H,5-10H2,1-4H3. The Morgan fingerprint density at radius 2 is 2.11 bits per heavy atom. The van der Waals surface area contributed by atoms with Gasteiger partial charge in [0.1, 0.15) is 0 Å². The molecular formula is C11H25N3O3S. The van der Waals surface area contributed by atoms with Crippen LogP contribution in [0, 0.1) is 0 Å². The predicted octanol–water partition coefficient (Wildman–Crippen LogP) is -0.117. The van der Waals surface area contributed by atoms with Gasteiger partial charge in [-0.25, -0.2) is 0 Å². The second kappa shape index (κ2) is 6.29. The highest BCUT2D eigenvalue weighted by Crippen LogP contribution is 2.20. The van der Waals surface area contributed by atoms with Crippen molar-refractivity contribution in [1.82, 2.24) is 13.9 Å². The molecule has 1 saturated heterocycles. The van der Waals surface area contributed by atoms with Crippen LogP contribution < -0.4 is 5.32 Å². The van der Waals surface area contributed by atoms with Crippen LogP contribution in [0.4, 0.5) is 0 Å². The van der Waals surface area contributed by atoms with Gasteiger partial charge in [-0.15, -0.1) is 0 Å². The quantitative estimate of drug-likeness (QED) is 0.689. The fourth-order valence-corrected chi connectivity index (χ4v) is 3.49. The van der Waals surface area contributed by atoms with E-state index in [2.05, 4.69) is 5.32 Å². The monoisotopic (exact) mass is 279 g/mol. The highest BCUT2D eigenvalue weighted by atomic mass is 32.2. The van der Waals surface area contributed by atoms with Gasteiger partial charge in [-0.3, -0.25) is 0 Å². The van der Waals surface area contributed by atoms with Crippen molar-refractivity contribution in [2.45, 2.75) is 25.9 Å². The van der Waals surface area contributed by atoms with Crippen molar-refractivity contribution in [3.8, 4) is 0 Å². The maximum atomic E-state index is 12.3. The van der Waals surface area contributed by atoms with Crippen LogP contribution >= 0.6 is 0 Å². The van der Waals surface area contributed by atoms with E-state index in [1.807, 2.05) is 20.9 Å². The molecule has 0 aromatic rings. The molecule has 0 amide bonds. The molecular weight excluding hydrogens is 254 g/mol. The van der Waals surface area contributed by atoms with E-state index >= 15 is 0 Å². The highest BCUT2D eigenvalue weighted by Gasteiger charge is 2.35. The molecule has 0 spiro atoms. The molecule has 1 aliphatic rings. The minimum absolute atomic E-state index is 0.406. The molecule has 1 aliphatic heterocycles. The number of hydrogen-bond donors (Lipinski definition) is 1. The van der Waals surface area contributed by atoms with Crippen LogP contribution in [0.3, 0.4) is 0 Å². The van der Waals surface area contributed by atoms with E-state index in [1.54, 1.807) is 7.05 Å². The van der Waals surface area contributed by atoms with Crippen LogP contribution in [0.25, 0.3) is 0 Å². The summed E-state index contributed by atoms with van der Waals surface area (Å²) in [6.45, 7) is 6.46. The molecule has 18 heavy (non-hydrogen) atoms. The molecule has 0 unspecified atom stereocenters. The van der Waals surface area contributed by atoms with Crippen molar-refractivity contribution in [3.63, 3.8) is 0 Å². The summed E-state index contributed by atoms with van der Waals surface area (Å²) in [5.41, 5.74) is -0.406. The summed E-state index contributed by atoms with van der Waals surface area (Å²) < 4.78 is 33.2. The number of ether oxygens (including phenoxy) is 1. The Hall–Kier alpha value is -0.210. The molecule has 0 bridgehead atoms. The second-order valence-corrected chi connectivity index (χ2v) is 7.26. The Kier molecular flexibility index (Phi) is 5.54. The van der Waals surface area contributed by atoms with E-state index < -0.39 is 15.8 Å². The molecule has 1 rings (SSSR count). The van der Waals surface area contributed by atoms with Gasteiger partial charge in [-0.05, 0) is 33.9 Å². The Morgan fingerprint density at radius 1 is 1.44 bits per heavy atom. The number of morpholine rings is 1. The topological polar surface area (TPSA) is 61.9 Å². The SMILES string of the molecule is CNCCCN(C)S(=O)(=O)N1CCOC(C)(C)C1. The lowest BCUT2D eigenvalue weighted by Crippen LogP contribution is -2.54. The molecule has 108 valence electrons. The van der Waals surface area contributed by atoms with Crippen LogP contribution in [0.15, 0.2) is 0 Å². The van der Waals surface area contributed by atoms with Crippen molar-refractivity contribution in [2.75, 3.05) is 46.9 Å². The van der Waals surface area contributed by atoms with Gasteiger partial charge in [0.25, 0.3) is 10.2 Å². The Morgan fingerprint density at radius 3 is 2.67 bits per heavy atom. The molecule has 1 fully saturated rings. The van der Waals surface area contributed by atoms with Crippen LogP contribution in [0.5, 0.6) is 0 Å². The molecule has 0 saturated carbocycles. The first-order valence-corrected chi connectivity index (χ1v) is 7.69. The minimum Gasteiger partial charge on any atom is -0.373 e. The van der Waals surface area contributed by atoms with Crippen molar-refractivity contribution in [2.24, 2.45) is 0 Å². The Labute approximate surface area is 110 Å². The molecule has 0 aromatic heterocycles. The predicted molar refractivity (Wildman–Crippen MR) is 71.7 cm³/mol. The van der Waals surface area contributed by atoms with E-state index in [-0.39, 0.29) is 0 Å². The maximum Gasteiger partial charge on any atom is 0.281 e. The zero-order valence-electron chi connectivity index (χ0n) is 11.8. The van der Waals surface area contributed by atoms with Crippen LogP contribution in [0.1, 0.15) is 20.3 Å². The van der Waals surface area contributed by atoms with Crippen LogP contribution in [-0.2, 0) is 14.9 Å². The summed E-state index contributed by atoms with van der Waals surface area (Å²) in [4.78, 5) is 0. The van der Waals surface area contributed by atoms with Crippen LogP contribution in [-0.4, -0.2) is 69.5 Å². The van der Waals surface area contributed by atoms with Gasteiger partial charge in [0.2, 0.25) is 0 Å². The highest BCUT2D eigenvalue weighted by molar-refractivity contribution is 7.86. The molecule has 7 heteroatoms. The van der Waals surface area contributed by atoms with Gasteiger partial charge in [-0.2, -0.15) is 17.0 Å². The summed E-state index contributed by atoms with van der Waals surface area (Å²) in [7, 11) is 0.138. The zero-order chi connectivity index (χ0) is 13.8. The fourth-order valence-electron chi connectivity index (χ4n) is 1.96. The van der Waals surface area contributed by atoms with E-state index in [4.69, 9.17) is 4.74 Å². The number of hydrogen-bond acceptors (Lipinski definition) is 4. The van der Waals surface area contributed by atoms with Gasteiger partial charge in [0.05, 0.1) is 12.2 Å². The molecule has 0 radical (unpaired) electrons. The minimum atomic E-state index is -3.35. The molecule has 1 heterocycles. The lowest BCUT2D eigenvalue weighted by Gasteiger charge is -2.38. The summed E-state index contributed by atoms with van der Waals surface area (Å²) in [5, 5.41) is 3.01. The molecule has 0 aromatic carbocycles. The van der Waals surface area contributed by atoms with Gasteiger partial charge in [0, 0.05) is 26.7 Å². The third-order valence-electron chi connectivity index (χ3n) is 3.01. The van der Waals surface area contributed by atoms with E-state index in [0.717, 1.165) is 13.0 Å². The third kappa shape index (κ3) is 4.17. The molecule has 1 N–H and O–H groups in total. The van der Waals surface area contributed by atoms with Gasteiger partial charge >= 0.3 is 0 Å². The summed E-state index contributed by atoms with van der Waals surface area (Å²) in [6.07, 6.45) is 0.806. The smallest absolute Gasteiger partial charge is 0.281 e. The van der Waals surface area contributed by atoms with Crippen molar-refractivity contribution >= 4 is 10.2 Å². The zero-order valence-corrected chi connectivity index (χ0v) is 12.6. The van der Waals surface area contributed by atoms with Crippen molar-refractivity contribution < 1.29 is 13.2 Å². The fraction of sp³-hybridized carbons (Fsp3) is 1.00. The third-order valence-corrected chi connectivity index (χ3v) is 4.95. The van der Waals surface area contributed by atoms with Gasteiger partial charge < -0.3 is 10.1 Å². The maximum absolute atomic E-state index is 12.3. The average molecular weight is 279 g/mol.